The Bertz CT molecular complexity index is 2980. The zero-order valence-corrected chi connectivity index (χ0v) is 39.7. The van der Waals surface area contributed by atoms with Crippen molar-refractivity contribution in [2.75, 3.05) is 76.6 Å². The lowest BCUT2D eigenvalue weighted by atomic mass is 9.65. The molecule has 16 heteroatoms. The number of aliphatic hydroxyl groups excluding tert-OH is 1. The molecule has 3 amide bonds. The van der Waals surface area contributed by atoms with Crippen LogP contribution in [-0.4, -0.2) is 122 Å². The van der Waals surface area contributed by atoms with Crippen LogP contribution in [0, 0.1) is 17.8 Å². The van der Waals surface area contributed by atoms with E-state index in [9.17, 15) is 9.90 Å². The van der Waals surface area contributed by atoms with Gasteiger partial charge in [0.1, 0.15) is 42.3 Å². The molecule has 1 aromatic heterocycles. The quantitative estimate of drug-likeness (QED) is 0.0853. The van der Waals surface area contributed by atoms with Crippen molar-refractivity contribution in [1.82, 2.24) is 19.8 Å². The number of rotatable bonds is 12. The van der Waals surface area contributed by atoms with E-state index >= 15 is 14.4 Å². The molecule has 4 aliphatic heterocycles. The Morgan fingerprint density at radius 2 is 1.38 bits per heavy atom. The van der Waals surface area contributed by atoms with Crippen LogP contribution in [0.3, 0.4) is 0 Å². The van der Waals surface area contributed by atoms with Gasteiger partial charge < -0.3 is 38.6 Å². The normalized spacial score (nSPS) is 22.4. The van der Waals surface area contributed by atoms with Gasteiger partial charge in [-0.25, -0.2) is 19.7 Å². The van der Waals surface area contributed by atoms with Crippen LogP contribution in [0.2, 0.25) is 0 Å². The van der Waals surface area contributed by atoms with Crippen LogP contribution < -0.4 is 19.3 Å². The summed E-state index contributed by atoms with van der Waals surface area (Å²) in [5.41, 5.74) is 1.64. The molecule has 10 rings (SSSR count). The van der Waals surface area contributed by atoms with Gasteiger partial charge in [-0.1, -0.05) is 84.6 Å². The summed E-state index contributed by atoms with van der Waals surface area (Å²) >= 11 is 0. The molecule has 6 aromatic rings. The minimum absolute atomic E-state index is 0.0359. The molecule has 6 atom stereocenters. The molecule has 5 heterocycles. The number of anilines is 2. The number of esters is 1. The van der Waals surface area contributed by atoms with Crippen molar-refractivity contribution in [3.8, 4) is 23.3 Å². The number of aliphatic hydroxyl groups is 1. The number of ether oxygens (including phenoxy) is 5. The fourth-order valence-electron chi connectivity index (χ4n) is 10.7. The third-order valence-electron chi connectivity index (χ3n) is 13.8. The fraction of sp³-hybridized carbons (Fsp3) is 0.286. The average Bonchev–Trinajstić information content (AvgIpc) is 3.89. The summed E-state index contributed by atoms with van der Waals surface area (Å²) in [7, 11) is 3.06. The van der Waals surface area contributed by atoms with E-state index in [0.29, 0.717) is 58.4 Å². The number of piperazine rings is 1. The maximum Gasteiger partial charge on any atom is 0.421 e. The number of hydrogen-bond donors (Lipinski definition) is 1. The van der Waals surface area contributed by atoms with Crippen LogP contribution >= 0.6 is 0 Å². The highest BCUT2D eigenvalue weighted by atomic mass is 16.6. The summed E-state index contributed by atoms with van der Waals surface area (Å²) in [6.45, 7) is 0.853. The number of methoxy groups -OCH3 is 2. The predicted octanol–water partition coefficient (Wildman–Crippen LogP) is 6.05. The second-order valence-corrected chi connectivity index (χ2v) is 17.7. The number of amides is 3. The Hall–Kier alpha value is -8.10. The minimum Gasteiger partial charge on any atom is -0.497 e. The van der Waals surface area contributed by atoms with Gasteiger partial charge in [-0.05, 0) is 82.9 Å². The van der Waals surface area contributed by atoms with E-state index in [-0.39, 0.29) is 45.2 Å². The number of carbonyl (C=O) groups excluding carboxylic acids is 4. The zero-order chi connectivity index (χ0) is 49.8. The summed E-state index contributed by atoms with van der Waals surface area (Å²) in [6.07, 6.45) is 1.43. The van der Waals surface area contributed by atoms with Crippen molar-refractivity contribution in [3.63, 3.8) is 0 Å². The van der Waals surface area contributed by atoms with Gasteiger partial charge in [0.25, 0.3) is 0 Å². The summed E-state index contributed by atoms with van der Waals surface area (Å²) in [4.78, 5) is 78.7. The van der Waals surface area contributed by atoms with Crippen molar-refractivity contribution in [2.45, 2.75) is 29.6 Å². The molecule has 3 saturated heterocycles. The molecule has 0 saturated carbocycles. The second-order valence-electron chi connectivity index (χ2n) is 17.7. The number of nitrogens with zero attached hydrogens (tertiary/aromatic N) is 6. The molecule has 72 heavy (non-hydrogen) atoms. The van der Waals surface area contributed by atoms with Crippen LogP contribution in [0.5, 0.6) is 11.5 Å². The van der Waals surface area contributed by atoms with Crippen LogP contribution in [0.15, 0.2) is 146 Å². The first-order valence-electron chi connectivity index (χ1n) is 23.8. The van der Waals surface area contributed by atoms with Crippen molar-refractivity contribution < 1.29 is 48.0 Å². The zero-order valence-electron chi connectivity index (χ0n) is 39.7. The number of benzene rings is 5. The third-order valence-corrected chi connectivity index (χ3v) is 13.8. The third kappa shape index (κ3) is 8.65. The van der Waals surface area contributed by atoms with Crippen LogP contribution in [0.4, 0.5) is 16.4 Å². The van der Waals surface area contributed by atoms with Gasteiger partial charge in [-0.3, -0.25) is 19.3 Å². The maximum atomic E-state index is 16.6. The lowest BCUT2D eigenvalue weighted by Gasteiger charge is -2.46. The van der Waals surface area contributed by atoms with Crippen molar-refractivity contribution in [3.05, 3.63) is 179 Å². The molecule has 3 fully saturated rings. The topological polar surface area (TPSA) is 173 Å². The minimum atomic E-state index is -2.03. The Kier molecular flexibility index (Phi) is 13.7. The number of aromatic nitrogens is 2. The molecule has 6 unspecified atom stereocenters. The molecule has 1 N–H and O–H groups in total. The number of hydrogen-bond acceptors (Lipinski definition) is 14. The summed E-state index contributed by atoms with van der Waals surface area (Å²) < 4.78 is 28.9. The van der Waals surface area contributed by atoms with E-state index in [1.165, 1.54) is 7.11 Å². The molecule has 16 nitrogen and oxygen atoms in total. The van der Waals surface area contributed by atoms with E-state index in [0.717, 1.165) is 10.5 Å². The van der Waals surface area contributed by atoms with Crippen LogP contribution in [-0.2, 0) is 34.0 Å². The summed E-state index contributed by atoms with van der Waals surface area (Å²) in [5, 5.41) is 9.65. The second kappa shape index (κ2) is 20.7. The molecular formula is C56H52N6O10. The number of cyclic esters (lactones) is 1. The predicted molar refractivity (Wildman–Crippen MR) is 264 cm³/mol. The lowest BCUT2D eigenvalue weighted by molar-refractivity contribution is -0.179. The van der Waals surface area contributed by atoms with Gasteiger partial charge in [-0.2, -0.15) is 0 Å². The Balaban J connectivity index is 1.23. The number of fused-ring (bicyclic) bond motifs is 3. The number of imide groups is 1. The van der Waals surface area contributed by atoms with Gasteiger partial charge in [0.15, 0.2) is 0 Å². The van der Waals surface area contributed by atoms with Crippen LogP contribution in [0.1, 0.15) is 51.6 Å². The molecule has 4 aliphatic rings. The molecular weight excluding hydrogens is 917 g/mol. The Morgan fingerprint density at radius 1 is 0.722 bits per heavy atom. The van der Waals surface area contributed by atoms with Crippen molar-refractivity contribution in [1.29, 1.82) is 0 Å². The van der Waals surface area contributed by atoms with Crippen LogP contribution in [0.25, 0.3) is 0 Å². The monoisotopic (exact) mass is 968 g/mol. The van der Waals surface area contributed by atoms with E-state index in [2.05, 4.69) is 21.8 Å². The highest BCUT2D eigenvalue weighted by Gasteiger charge is 2.76. The van der Waals surface area contributed by atoms with Gasteiger partial charge in [-0.15, -0.1) is 0 Å². The summed E-state index contributed by atoms with van der Waals surface area (Å²) in [5.74, 6) is 4.69. The molecule has 1 spiro atoms. The van der Waals surface area contributed by atoms with E-state index < -0.39 is 59.4 Å². The lowest BCUT2D eigenvalue weighted by Crippen LogP contribution is -2.59. The van der Waals surface area contributed by atoms with Crippen molar-refractivity contribution >= 4 is 35.5 Å². The van der Waals surface area contributed by atoms with E-state index in [4.69, 9.17) is 23.7 Å². The Labute approximate surface area is 416 Å². The molecule has 366 valence electrons. The van der Waals surface area contributed by atoms with Gasteiger partial charge in [0, 0.05) is 56.8 Å². The first-order chi connectivity index (χ1) is 35.3. The van der Waals surface area contributed by atoms with Gasteiger partial charge in [0.05, 0.1) is 44.0 Å². The van der Waals surface area contributed by atoms with E-state index in [1.54, 1.807) is 85.1 Å². The highest BCUT2D eigenvalue weighted by molar-refractivity contribution is 6.23. The first-order valence-corrected chi connectivity index (χ1v) is 23.8. The number of carbonyl (C=O) groups is 4. The van der Waals surface area contributed by atoms with Crippen molar-refractivity contribution in [2.24, 2.45) is 5.92 Å². The van der Waals surface area contributed by atoms with Gasteiger partial charge >= 0.3 is 12.1 Å². The maximum absolute atomic E-state index is 16.6. The Morgan fingerprint density at radius 3 is 2.04 bits per heavy atom. The summed E-state index contributed by atoms with van der Waals surface area (Å²) in [6, 6.07) is 36.9. The molecule has 5 aromatic carbocycles. The van der Waals surface area contributed by atoms with Gasteiger partial charge in [0.2, 0.25) is 17.8 Å². The largest absolute Gasteiger partial charge is 0.497 e. The van der Waals surface area contributed by atoms with E-state index in [1.807, 2.05) is 82.6 Å². The SMILES string of the molecule is COCCOC(=O)N1C(=O)C2(c3cc(C#Cc4ccc(OC)cc4)ccc31)C(C(=O)N1CCN(c3ncccn3)CC1)C1C(=O)OC(c3ccccc3)C(c3ccccc3)N1C2c1ccc(OCCO)cc1. The fourth-order valence-corrected chi connectivity index (χ4v) is 10.7. The smallest absolute Gasteiger partial charge is 0.421 e. The average molecular weight is 969 g/mol. The standard InChI is InChI=1S/C56H52N6O10/c1-68-34-35-71-55(67)61-45-25-18-38(15-14-37-16-21-42(69-2)22-17-37)36-44(45)56(53(61)66)46(51(64)59-28-30-60(31-29-59)54-57-26-9-27-58-54)48-52(65)72-49(40-12-7-4-8-13-40)47(39-10-5-3-6-11-39)62(48)50(56)41-19-23-43(24-20-41)70-33-32-63/h3-13,16-27,36,46-50,63H,28-35H2,1-2H3. The highest BCUT2D eigenvalue weighted by Crippen LogP contribution is 2.66. The number of morpholine rings is 1. The molecule has 0 radical (unpaired) electrons. The first kappa shape index (κ1) is 47.6. The molecule has 0 aliphatic carbocycles. The molecule has 0 bridgehead atoms.